The monoisotopic (exact) mass is 468 g/mol. The lowest BCUT2D eigenvalue weighted by molar-refractivity contribution is -0.124. The first-order valence-electron chi connectivity index (χ1n) is 11.0. The second kappa shape index (κ2) is 7.72. The fraction of sp³-hybridized carbons (Fsp3) is 0.435. The molecule has 1 saturated heterocycles. The van der Waals surface area contributed by atoms with Gasteiger partial charge < -0.3 is 9.47 Å². The largest absolute Gasteiger partial charge is 0.328 e. The lowest BCUT2D eigenvalue weighted by Crippen LogP contribution is -2.42. The molecule has 2 aliphatic heterocycles. The van der Waals surface area contributed by atoms with Crippen LogP contribution in [0.3, 0.4) is 0 Å². The van der Waals surface area contributed by atoms with Gasteiger partial charge in [0, 0.05) is 30.6 Å². The van der Waals surface area contributed by atoms with Gasteiger partial charge >= 0.3 is 0 Å². The number of carbonyl (C=O) groups is 2. The van der Waals surface area contributed by atoms with E-state index in [0.29, 0.717) is 47.7 Å². The van der Waals surface area contributed by atoms with Gasteiger partial charge in [0.25, 0.3) is 5.91 Å². The summed E-state index contributed by atoms with van der Waals surface area (Å²) in [7, 11) is 0. The summed E-state index contributed by atoms with van der Waals surface area (Å²) in [5.41, 5.74) is 0.777. The van der Waals surface area contributed by atoms with E-state index in [0.717, 1.165) is 12.1 Å². The first kappa shape index (κ1) is 21.7. The van der Waals surface area contributed by atoms with Gasteiger partial charge in [0.2, 0.25) is 5.91 Å². The Kier molecular flexibility index (Phi) is 5.08. The van der Waals surface area contributed by atoms with Crippen LogP contribution in [-0.4, -0.2) is 48.7 Å². The number of hydrogen-bond donors (Lipinski definition) is 0. The number of aryl methyl sites for hydroxylation is 1. The van der Waals surface area contributed by atoms with Crippen molar-refractivity contribution in [3.63, 3.8) is 0 Å². The molecule has 1 fully saturated rings. The lowest BCUT2D eigenvalue weighted by Gasteiger charge is -2.36. The average Bonchev–Trinajstić information content (AvgIpc) is 3.45. The molecule has 0 unspecified atom stereocenters. The molecule has 172 valence electrons. The molecule has 1 atom stereocenters. The van der Waals surface area contributed by atoms with E-state index in [2.05, 4.69) is 13.9 Å². The Morgan fingerprint density at radius 3 is 2.48 bits per heavy atom. The quantitative estimate of drug-likeness (QED) is 0.583. The summed E-state index contributed by atoms with van der Waals surface area (Å²) < 4.78 is 19.7. The molecule has 0 aliphatic carbocycles. The Morgan fingerprint density at radius 2 is 1.88 bits per heavy atom. The molecule has 2 amide bonds. The number of amides is 2. The smallest absolute Gasteiger partial charge is 0.254 e. The first-order valence-corrected chi connectivity index (χ1v) is 11.7. The van der Waals surface area contributed by atoms with Gasteiger partial charge in [0.15, 0.2) is 16.6 Å². The van der Waals surface area contributed by atoms with Crippen molar-refractivity contribution in [3.05, 3.63) is 47.2 Å². The molecule has 4 heterocycles. The van der Waals surface area contributed by atoms with E-state index in [9.17, 15) is 14.0 Å². The minimum atomic E-state index is -0.461. The van der Waals surface area contributed by atoms with Crippen molar-refractivity contribution in [2.24, 2.45) is 5.41 Å². The zero-order valence-corrected chi connectivity index (χ0v) is 19.8. The van der Waals surface area contributed by atoms with Crippen molar-refractivity contribution < 1.29 is 14.0 Å². The summed E-state index contributed by atoms with van der Waals surface area (Å²) >= 11 is 1.27. The zero-order chi connectivity index (χ0) is 23.5. The summed E-state index contributed by atoms with van der Waals surface area (Å²) in [6.45, 7) is 9.21. The highest BCUT2D eigenvalue weighted by atomic mass is 32.1. The molecular weight excluding hydrogens is 443 g/mol. The number of halogens is 1. The summed E-state index contributed by atoms with van der Waals surface area (Å²) in [5.74, 6) is 1.39. The second-order valence-electron chi connectivity index (χ2n) is 9.21. The Morgan fingerprint density at radius 1 is 1.15 bits per heavy atom. The molecule has 0 saturated carbocycles. The zero-order valence-electron chi connectivity index (χ0n) is 19.0. The van der Waals surface area contributed by atoms with Crippen molar-refractivity contribution in [1.82, 2.24) is 23.8 Å². The minimum absolute atomic E-state index is 0.0255. The third-order valence-corrected chi connectivity index (χ3v) is 7.33. The van der Waals surface area contributed by atoms with Crippen LogP contribution < -0.4 is 4.90 Å². The molecule has 2 aliphatic rings. The molecule has 1 aromatic carbocycles. The van der Waals surface area contributed by atoms with Crippen molar-refractivity contribution in [3.8, 4) is 10.8 Å². The fourth-order valence-electron chi connectivity index (χ4n) is 4.59. The third kappa shape index (κ3) is 3.52. The second-order valence-corrected chi connectivity index (χ2v) is 9.97. The number of aromatic nitrogens is 4. The van der Waals surface area contributed by atoms with Crippen LogP contribution >= 0.6 is 11.5 Å². The number of rotatable bonds is 3. The average molecular weight is 469 g/mol. The van der Waals surface area contributed by atoms with Crippen LogP contribution in [0.1, 0.15) is 55.1 Å². The van der Waals surface area contributed by atoms with Crippen molar-refractivity contribution in [2.75, 3.05) is 18.0 Å². The molecule has 3 aromatic rings. The van der Waals surface area contributed by atoms with E-state index in [1.54, 1.807) is 9.80 Å². The van der Waals surface area contributed by atoms with Gasteiger partial charge in [-0.3, -0.25) is 14.5 Å². The number of anilines is 1. The van der Waals surface area contributed by atoms with Gasteiger partial charge in [-0.05, 0) is 56.1 Å². The predicted molar refractivity (Wildman–Crippen MR) is 122 cm³/mol. The Bertz CT molecular complexity index is 1250. The summed E-state index contributed by atoms with van der Waals surface area (Å²) in [6.07, 6.45) is 0.734. The number of hydrogen-bond acceptors (Lipinski definition) is 6. The highest BCUT2D eigenvalue weighted by Gasteiger charge is 2.44. The van der Waals surface area contributed by atoms with Crippen molar-refractivity contribution in [1.29, 1.82) is 0 Å². The van der Waals surface area contributed by atoms with Crippen molar-refractivity contribution >= 4 is 29.2 Å². The standard InChI is InChI=1S/C23H25FN6O2S/c1-13-17-18(30-10-9-23(3,4)22(30)32)26-19(20-25-14(2)27-33-20)29(17)12-11-28(13)21(31)15-5-7-16(24)8-6-15/h5-8,13H,9-12H2,1-4H3/t13-/m1/s1. The number of nitrogens with zero attached hydrogens (tertiary/aromatic N) is 6. The number of benzene rings is 1. The molecule has 0 spiro atoms. The van der Waals surface area contributed by atoms with E-state index < -0.39 is 5.41 Å². The van der Waals surface area contributed by atoms with E-state index >= 15 is 0 Å². The van der Waals surface area contributed by atoms with Crippen molar-refractivity contribution in [2.45, 2.75) is 46.7 Å². The molecular formula is C23H25FN6O2S. The Labute approximate surface area is 195 Å². The van der Waals surface area contributed by atoms with Gasteiger partial charge in [-0.1, -0.05) is 13.8 Å². The topological polar surface area (TPSA) is 84.2 Å². The fourth-order valence-corrected chi connectivity index (χ4v) is 5.26. The van der Waals surface area contributed by atoms with Gasteiger partial charge in [0.05, 0.1) is 11.7 Å². The van der Waals surface area contributed by atoms with Crippen LogP contribution in [0.4, 0.5) is 10.2 Å². The van der Waals surface area contributed by atoms with Gasteiger partial charge in [-0.2, -0.15) is 4.37 Å². The summed E-state index contributed by atoms with van der Waals surface area (Å²) in [6, 6.07) is 5.24. The van der Waals surface area contributed by atoms with Crippen LogP contribution in [-0.2, 0) is 11.3 Å². The maximum Gasteiger partial charge on any atom is 0.254 e. The lowest BCUT2D eigenvalue weighted by atomic mass is 9.92. The van der Waals surface area contributed by atoms with E-state index in [1.165, 1.54) is 35.8 Å². The first-order chi connectivity index (χ1) is 15.7. The highest BCUT2D eigenvalue weighted by Crippen LogP contribution is 2.42. The van der Waals surface area contributed by atoms with Gasteiger partial charge in [0.1, 0.15) is 11.6 Å². The van der Waals surface area contributed by atoms with Crippen LogP contribution in [0, 0.1) is 18.2 Å². The molecule has 0 N–H and O–H groups in total. The van der Waals surface area contributed by atoms with E-state index in [-0.39, 0.29) is 23.7 Å². The highest BCUT2D eigenvalue weighted by molar-refractivity contribution is 7.09. The Hall–Kier alpha value is -3.14. The van der Waals surface area contributed by atoms with Gasteiger partial charge in [-0.15, -0.1) is 0 Å². The number of carbonyl (C=O) groups excluding carboxylic acids is 2. The summed E-state index contributed by atoms with van der Waals surface area (Å²) in [5, 5.41) is 0.691. The molecule has 5 rings (SSSR count). The van der Waals surface area contributed by atoms with Crippen LogP contribution in [0.25, 0.3) is 10.8 Å². The molecule has 10 heteroatoms. The van der Waals surface area contributed by atoms with E-state index in [4.69, 9.17) is 4.98 Å². The van der Waals surface area contributed by atoms with E-state index in [1.807, 2.05) is 27.7 Å². The summed E-state index contributed by atoms with van der Waals surface area (Å²) in [4.78, 5) is 39.4. The molecule has 8 nitrogen and oxygen atoms in total. The van der Waals surface area contributed by atoms with Crippen LogP contribution in [0.2, 0.25) is 0 Å². The molecule has 0 bridgehead atoms. The SMILES string of the molecule is Cc1nsc(-c2nc(N3CCC(C)(C)C3=O)c3n2CCN(C(=O)c2ccc(F)cc2)[C@@H]3C)n1. The van der Waals surface area contributed by atoms with Crippen LogP contribution in [0.5, 0.6) is 0 Å². The molecule has 2 aromatic heterocycles. The predicted octanol–water partition coefficient (Wildman–Crippen LogP) is 3.83. The number of imidazole rings is 1. The van der Waals surface area contributed by atoms with Gasteiger partial charge in [-0.25, -0.2) is 14.4 Å². The maximum absolute atomic E-state index is 13.4. The minimum Gasteiger partial charge on any atom is -0.328 e. The van der Waals surface area contributed by atoms with Crippen LogP contribution in [0.15, 0.2) is 24.3 Å². The molecule has 33 heavy (non-hydrogen) atoms. The molecule has 0 radical (unpaired) electrons. The third-order valence-electron chi connectivity index (χ3n) is 6.53. The normalized spacial score (nSPS) is 19.8. The number of fused-ring (bicyclic) bond motifs is 1. The Balaban J connectivity index is 1.59. The maximum atomic E-state index is 13.4.